The molecular formula is C35H31NO4S. The molecule has 0 saturated heterocycles. The van der Waals surface area contributed by atoms with Crippen LogP contribution in [0.1, 0.15) is 52.4 Å². The lowest BCUT2D eigenvalue weighted by molar-refractivity contribution is 0.0600. The lowest BCUT2D eigenvalue weighted by Gasteiger charge is -2.14. The van der Waals surface area contributed by atoms with Crippen molar-refractivity contribution in [2.75, 3.05) is 13.4 Å². The van der Waals surface area contributed by atoms with E-state index in [1.54, 1.807) is 24.3 Å². The van der Waals surface area contributed by atoms with Crippen molar-refractivity contribution in [3.05, 3.63) is 131 Å². The Morgan fingerprint density at radius 2 is 1.49 bits per heavy atom. The molecule has 1 aromatic heterocycles. The number of hydrogen-bond acceptors (Lipinski definition) is 5. The first-order valence-electron chi connectivity index (χ1n) is 13.3. The molecule has 5 nitrogen and oxygen atoms in total. The van der Waals surface area contributed by atoms with Gasteiger partial charge in [-0.2, -0.15) is 0 Å². The molecule has 6 heteroatoms. The number of aromatic nitrogens is 1. The molecule has 1 heterocycles. The van der Waals surface area contributed by atoms with Gasteiger partial charge in [-0.05, 0) is 93.9 Å². The molecule has 4 aromatic carbocycles. The largest absolute Gasteiger partial charge is 0.465 e. The van der Waals surface area contributed by atoms with E-state index < -0.39 is 15.8 Å². The van der Waals surface area contributed by atoms with Gasteiger partial charge in [0, 0.05) is 23.4 Å². The quantitative estimate of drug-likeness (QED) is 0.150. The molecule has 5 rings (SSSR count). The molecule has 5 aromatic rings. The van der Waals surface area contributed by atoms with E-state index in [4.69, 9.17) is 9.72 Å². The third-order valence-electron chi connectivity index (χ3n) is 7.11. The fraction of sp³-hybridized carbons (Fsp3) is 0.143. The van der Waals surface area contributed by atoms with Crippen molar-refractivity contribution in [3.8, 4) is 11.1 Å². The number of pyridine rings is 1. The zero-order valence-electron chi connectivity index (χ0n) is 23.5. The molecule has 0 saturated carbocycles. The Kier molecular flexibility index (Phi) is 7.86. The van der Waals surface area contributed by atoms with E-state index in [1.807, 2.05) is 48.7 Å². The molecule has 0 fully saturated rings. The first-order valence-corrected chi connectivity index (χ1v) is 15.2. The van der Waals surface area contributed by atoms with Crippen LogP contribution in [-0.2, 0) is 14.6 Å². The summed E-state index contributed by atoms with van der Waals surface area (Å²) in [6.45, 7) is 4.38. The SMILES string of the molecule is COC(=O)c1ccc(/C(=C\c2cccc(-c3cc(C(C)C)cc4cccnc34)c2)c2ccc(S(C)(=O)=O)cc2)cc1. The summed E-state index contributed by atoms with van der Waals surface area (Å²) in [6.07, 6.45) is 5.09. The van der Waals surface area contributed by atoms with Crippen molar-refractivity contribution in [3.63, 3.8) is 0 Å². The summed E-state index contributed by atoms with van der Waals surface area (Å²) in [6, 6.07) is 30.8. The number of nitrogens with zero attached hydrogens (tertiary/aromatic N) is 1. The number of methoxy groups -OCH3 is 1. The highest BCUT2D eigenvalue weighted by Gasteiger charge is 2.13. The van der Waals surface area contributed by atoms with Crippen molar-refractivity contribution in [2.45, 2.75) is 24.7 Å². The molecule has 0 N–H and O–H groups in total. The van der Waals surface area contributed by atoms with Gasteiger partial charge in [-0.15, -0.1) is 0 Å². The van der Waals surface area contributed by atoms with E-state index in [0.29, 0.717) is 11.5 Å². The van der Waals surface area contributed by atoms with E-state index in [-0.39, 0.29) is 4.90 Å². The second kappa shape index (κ2) is 11.5. The predicted octanol–water partition coefficient (Wildman–Crippen LogP) is 7.80. The molecule has 0 aliphatic rings. The summed E-state index contributed by atoms with van der Waals surface area (Å²) in [5.41, 5.74) is 8.37. The fourth-order valence-corrected chi connectivity index (χ4v) is 5.48. The maximum atomic E-state index is 12.1. The van der Waals surface area contributed by atoms with Crippen LogP contribution in [0.5, 0.6) is 0 Å². The summed E-state index contributed by atoms with van der Waals surface area (Å²) < 4.78 is 29.0. The van der Waals surface area contributed by atoms with Gasteiger partial charge in [0.15, 0.2) is 9.84 Å². The van der Waals surface area contributed by atoms with Gasteiger partial charge in [-0.25, -0.2) is 13.2 Å². The second-order valence-electron chi connectivity index (χ2n) is 10.3. The maximum Gasteiger partial charge on any atom is 0.337 e. The molecule has 0 bridgehead atoms. The standard InChI is InChI=1S/C35H31NO4S/c1-23(2)30-21-29-9-6-18-36-34(29)33(22-30)28-8-5-7-24(19-28)20-32(25-10-12-27(13-11-25)35(37)40-3)26-14-16-31(17-15-26)41(4,38)39/h5-23H,1-4H3/b32-20+. The van der Waals surface area contributed by atoms with Gasteiger partial charge in [0.2, 0.25) is 0 Å². The minimum Gasteiger partial charge on any atom is -0.465 e. The predicted molar refractivity (Wildman–Crippen MR) is 166 cm³/mol. The van der Waals surface area contributed by atoms with Gasteiger partial charge >= 0.3 is 5.97 Å². The molecule has 0 radical (unpaired) electrons. The number of carbonyl (C=O) groups is 1. The zero-order chi connectivity index (χ0) is 29.1. The van der Waals surface area contributed by atoms with E-state index in [9.17, 15) is 13.2 Å². The average Bonchev–Trinajstić information content (AvgIpc) is 2.98. The Morgan fingerprint density at radius 1 is 0.829 bits per heavy atom. The Balaban J connectivity index is 1.65. The van der Waals surface area contributed by atoms with Crippen molar-refractivity contribution in [2.24, 2.45) is 0 Å². The van der Waals surface area contributed by atoms with Gasteiger partial charge in [-0.1, -0.05) is 62.4 Å². The number of sulfone groups is 1. The highest BCUT2D eigenvalue weighted by molar-refractivity contribution is 7.90. The van der Waals surface area contributed by atoms with Gasteiger partial charge in [0.25, 0.3) is 0 Å². The van der Waals surface area contributed by atoms with Crippen LogP contribution in [0.4, 0.5) is 0 Å². The lowest BCUT2D eigenvalue weighted by Crippen LogP contribution is -2.01. The second-order valence-corrected chi connectivity index (χ2v) is 12.4. The van der Waals surface area contributed by atoms with Crippen LogP contribution in [0.3, 0.4) is 0 Å². The van der Waals surface area contributed by atoms with Crippen molar-refractivity contribution in [1.82, 2.24) is 4.98 Å². The zero-order valence-corrected chi connectivity index (χ0v) is 24.3. The van der Waals surface area contributed by atoms with Gasteiger partial charge < -0.3 is 4.74 Å². The number of fused-ring (bicyclic) bond motifs is 1. The minimum atomic E-state index is -3.33. The van der Waals surface area contributed by atoms with Crippen LogP contribution >= 0.6 is 0 Å². The Morgan fingerprint density at radius 3 is 2.12 bits per heavy atom. The highest BCUT2D eigenvalue weighted by Crippen LogP contribution is 2.33. The van der Waals surface area contributed by atoms with E-state index >= 15 is 0 Å². The van der Waals surface area contributed by atoms with E-state index in [0.717, 1.165) is 44.3 Å². The Bertz CT molecular complexity index is 1870. The molecule has 0 atom stereocenters. The lowest BCUT2D eigenvalue weighted by atomic mass is 9.92. The molecule has 41 heavy (non-hydrogen) atoms. The highest BCUT2D eigenvalue weighted by atomic mass is 32.2. The summed E-state index contributed by atoms with van der Waals surface area (Å²) in [5, 5.41) is 1.10. The number of carbonyl (C=O) groups excluding carboxylic acids is 1. The first kappa shape index (κ1) is 28.0. The van der Waals surface area contributed by atoms with Crippen molar-refractivity contribution in [1.29, 1.82) is 0 Å². The normalized spacial score (nSPS) is 12.1. The monoisotopic (exact) mass is 561 g/mol. The van der Waals surface area contributed by atoms with E-state index in [1.165, 1.54) is 18.9 Å². The van der Waals surface area contributed by atoms with Gasteiger partial charge in [-0.3, -0.25) is 4.98 Å². The van der Waals surface area contributed by atoms with Crippen molar-refractivity contribution < 1.29 is 17.9 Å². The Labute approximate surface area is 241 Å². The number of esters is 1. The molecule has 206 valence electrons. The van der Waals surface area contributed by atoms with Crippen LogP contribution in [0.15, 0.2) is 108 Å². The summed E-state index contributed by atoms with van der Waals surface area (Å²) in [7, 11) is -1.97. The fourth-order valence-electron chi connectivity index (χ4n) is 4.85. The first-order chi connectivity index (χ1) is 19.6. The maximum absolute atomic E-state index is 12.1. The number of rotatable bonds is 7. The minimum absolute atomic E-state index is 0.257. The smallest absolute Gasteiger partial charge is 0.337 e. The third kappa shape index (κ3) is 6.13. The van der Waals surface area contributed by atoms with Gasteiger partial charge in [0.1, 0.15) is 0 Å². The number of ether oxygens (including phenoxy) is 1. The van der Waals surface area contributed by atoms with Crippen LogP contribution in [0.2, 0.25) is 0 Å². The van der Waals surface area contributed by atoms with E-state index in [2.05, 4.69) is 50.3 Å². The van der Waals surface area contributed by atoms with Crippen molar-refractivity contribution >= 4 is 38.4 Å². The van der Waals surface area contributed by atoms with Crippen LogP contribution < -0.4 is 0 Å². The number of benzene rings is 4. The summed E-state index contributed by atoms with van der Waals surface area (Å²) >= 11 is 0. The molecule has 0 unspecified atom stereocenters. The summed E-state index contributed by atoms with van der Waals surface area (Å²) in [4.78, 5) is 17.0. The molecule has 0 aliphatic heterocycles. The van der Waals surface area contributed by atoms with Crippen LogP contribution in [-0.4, -0.2) is 32.7 Å². The van der Waals surface area contributed by atoms with Crippen LogP contribution in [0, 0.1) is 0 Å². The topological polar surface area (TPSA) is 73.3 Å². The summed E-state index contributed by atoms with van der Waals surface area (Å²) in [5.74, 6) is -0.0346. The molecular weight excluding hydrogens is 530 g/mol. The molecule has 0 aliphatic carbocycles. The molecule has 0 spiro atoms. The van der Waals surface area contributed by atoms with Gasteiger partial charge in [0.05, 0.1) is 23.1 Å². The molecule has 0 amide bonds. The average molecular weight is 562 g/mol. The third-order valence-corrected chi connectivity index (χ3v) is 8.24. The van der Waals surface area contributed by atoms with Crippen LogP contribution in [0.25, 0.3) is 33.7 Å². The number of hydrogen-bond donors (Lipinski definition) is 0. The Hall–Kier alpha value is -4.55.